The minimum absolute atomic E-state index is 0.147. The molecule has 1 saturated carbocycles. The van der Waals surface area contributed by atoms with Crippen LogP contribution < -0.4 is 0 Å². The fourth-order valence-corrected chi connectivity index (χ4v) is 3.37. The molecule has 0 saturated heterocycles. The molecule has 0 aromatic carbocycles. The lowest BCUT2D eigenvalue weighted by Crippen LogP contribution is -2.58. The van der Waals surface area contributed by atoms with E-state index in [1.54, 1.807) is 0 Å². The van der Waals surface area contributed by atoms with Gasteiger partial charge in [-0.15, -0.1) is 0 Å². The summed E-state index contributed by atoms with van der Waals surface area (Å²) in [7, 11) is -2.20. The van der Waals surface area contributed by atoms with E-state index in [1.807, 2.05) is 0 Å². The maximum atomic E-state index is 12.5. The lowest BCUT2D eigenvalue weighted by Gasteiger charge is -2.43. The molecular weight excluding hydrogens is 235 g/mol. The van der Waals surface area contributed by atoms with Gasteiger partial charge in [0.15, 0.2) is 0 Å². The van der Waals surface area contributed by atoms with Crippen LogP contribution in [-0.2, 0) is 0 Å². The van der Waals surface area contributed by atoms with Crippen molar-refractivity contribution < 1.29 is 17.6 Å². The minimum atomic E-state index is -3.90. The Hall–Kier alpha value is 0.517. The van der Waals surface area contributed by atoms with Crippen LogP contribution >= 0.6 is 22.2 Å². The van der Waals surface area contributed by atoms with Gasteiger partial charge in [0, 0.05) is 12.3 Å². The normalized spacial score (nSPS) is 31.8. The van der Waals surface area contributed by atoms with Crippen molar-refractivity contribution in [1.82, 2.24) is 0 Å². The fourth-order valence-electron chi connectivity index (χ4n) is 1.19. The average molecular weight is 241 g/mol. The highest BCUT2D eigenvalue weighted by atomic mass is 35.7. The molecule has 1 unspecified atom stereocenters. The molecule has 0 aromatic heterocycles. The van der Waals surface area contributed by atoms with Crippen LogP contribution in [0.15, 0.2) is 0 Å². The third-order valence-corrected chi connectivity index (χ3v) is 3.96. The van der Waals surface area contributed by atoms with Crippen LogP contribution in [0.4, 0.5) is 17.6 Å². The summed E-state index contributed by atoms with van der Waals surface area (Å²) in [5.74, 6) is -9.07. The molecule has 0 bridgehead atoms. The van der Waals surface area contributed by atoms with Crippen molar-refractivity contribution >= 4 is 29.6 Å². The summed E-state index contributed by atoms with van der Waals surface area (Å²) in [6.45, 7) is 0. The van der Waals surface area contributed by atoms with Crippen molar-refractivity contribution in [1.29, 1.82) is 0 Å². The van der Waals surface area contributed by atoms with Gasteiger partial charge in [-0.25, -0.2) is 0 Å². The van der Waals surface area contributed by atoms with E-state index in [4.69, 9.17) is 22.2 Å². The predicted octanol–water partition coefficient (Wildman–Crippen LogP) is 2.98. The van der Waals surface area contributed by atoms with E-state index in [-0.39, 0.29) is 6.04 Å². The van der Waals surface area contributed by atoms with Crippen molar-refractivity contribution in [3.8, 4) is 0 Å². The topological polar surface area (TPSA) is 0 Å². The number of rotatable bonds is 2. The van der Waals surface area contributed by atoms with Gasteiger partial charge in [-0.3, -0.25) is 0 Å². The molecule has 12 heavy (non-hydrogen) atoms. The van der Waals surface area contributed by atoms with Gasteiger partial charge in [0.25, 0.3) is 0 Å². The van der Waals surface area contributed by atoms with E-state index < -0.39 is 31.6 Å². The number of halogens is 6. The molecule has 0 heterocycles. The molecule has 72 valence electrons. The Kier molecular flexibility index (Phi) is 2.67. The van der Waals surface area contributed by atoms with Crippen molar-refractivity contribution in [2.75, 3.05) is 0 Å². The second kappa shape index (κ2) is 3.03. The molecule has 1 fully saturated rings. The third-order valence-electron chi connectivity index (χ3n) is 1.97. The quantitative estimate of drug-likeness (QED) is 0.396. The van der Waals surface area contributed by atoms with Crippen molar-refractivity contribution in [3.05, 3.63) is 0 Å². The van der Waals surface area contributed by atoms with Crippen LogP contribution in [0, 0.1) is 5.92 Å². The zero-order chi connectivity index (χ0) is 9.57. The first kappa shape index (κ1) is 10.6. The summed E-state index contributed by atoms with van der Waals surface area (Å²) in [5, 5.41) is 0. The molecule has 0 aromatic rings. The van der Waals surface area contributed by atoms with Crippen molar-refractivity contribution in [2.45, 2.75) is 24.3 Å². The summed E-state index contributed by atoms with van der Waals surface area (Å²) in [6, 6.07) is -0.147. The smallest absolute Gasteiger partial charge is 0.200 e. The molecule has 1 aliphatic carbocycles. The fraction of sp³-hybridized carbons (Fsp3) is 1.00. The highest BCUT2D eigenvalue weighted by molar-refractivity contribution is 7.33. The van der Waals surface area contributed by atoms with Gasteiger partial charge in [-0.05, 0) is 6.04 Å². The predicted molar refractivity (Wildman–Crippen MR) is 41.7 cm³/mol. The van der Waals surface area contributed by atoms with Crippen LogP contribution in [0.2, 0.25) is 6.04 Å². The van der Waals surface area contributed by atoms with Crippen LogP contribution in [0.3, 0.4) is 0 Å². The van der Waals surface area contributed by atoms with Gasteiger partial charge >= 0.3 is 11.8 Å². The maximum absolute atomic E-state index is 12.5. The van der Waals surface area contributed by atoms with Crippen molar-refractivity contribution in [2.24, 2.45) is 5.92 Å². The Bertz CT molecular complexity index is 182. The van der Waals surface area contributed by atoms with Crippen molar-refractivity contribution in [3.63, 3.8) is 0 Å². The summed E-state index contributed by atoms with van der Waals surface area (Å²) in [4.78, 5) is 0. The van der Waals surface area contributed by atoms with E-state index >= 15 is 0 Å². The maximum Gasteiger partial charge on any atom is 0.313 e. The second-order valence-corrected chi connectivity index (χ2v) is 7.94. The zero-order valence-corrected chi connectivity index (χ0v) is 8.50. The molecule has 0 spiro atoms. The van der Waals surface area contributed by atoms with Gasteiger partial charge in [0.1, 0.15) is 0 Å². The highest BCUT2D eigenvalue weighted by Gasteiger charge is 2.71. The van der Waals surface area contributed by atoms with Crippen LogP contribution in [0.25, 0.3) is 0 Å². The average Bonchev–Trinajstić information content (AvgIpc) is 1.85. The van der Waals surface area contributed by atoms with E-state index in [2.05, 4.69) is 0 Å². The number of alkyl halides is 4. The molecule has 0 radical (unpaired) electrons. The molecule has 0 N–H and O–H groups in total. The lowest BCUT2D eigenvalue weighted by molar-refractivity contribution is -0.308. The molecule has 0 amide bonds. The molecule has 1 aliphatic rings. The minimum Gasteiger partial charge on any atom is -0.200 e. The first-order valence-electron chi connectivity index (χ1n) is 3.31. The van der Waals surface area contributed by atoms with E-state index in [1.165, 1.54) is 0 Å². The van der Waals surface area contributed by atoms with Gasteiger partial charge in [-0.2, -0.15) is 39.7 Å². The van der Waals surface area contributed by atoms with E-state index in [0.29, 0.717) is 0 Å². The van der Waals surface area contributed by atoms with Gasteiger partial charge in [0.2, 0.25) is 7.42 Å². The SMILES string of the molecule is FC1(F)CC(C[SiH](Cl)Cl)C1(F)F. The van der Waals surface area contributed by atoms with Gasteiger partial charge in [0.05, 0.1) is 0 Å². The largest absolute Gasteiger partial charge is 0.313 e. The molecular formula is C5H6Cl2F4Si. The van der Waals surface area contributed by atoms with Gasteiger partial charge < -0.3 is 0 Å². The van der Waals surface area contributed by atoms with E-state index in [0.717, 1.165) is 0 Å². The van der Waals surface area contributed by atoms with Crippen LogP contribution in [0.5, 0.6) is 0 Å². The first-order valence-corrected chi connectivity index (χ1v) is 7.62. The molecule has 7 heteroatoms. The lowest BCUT2D eigenvalue weighted by atomic mass is 9.78. The highest BCUT2D eigenvalue weighted by Crippen LogP contribution is 2.57. The Labute approximate surface area is 77.9 Å². The molecule has 0 nitrogen and oxygen atoms in total. The van der Waals surface area contributed by atoms with Crippen LogP contribution in [0.1, 0.15) is 6.42 Å². The molecule has 1 rings (SSSR count). The number of hydrogen-bond acceptors (Lipinski definition) is 0. The monoisotopic (exact) mass is 240 g/mol. The summed E-state index contributed by atoms with van der Waals surface area (Å²) >= 11 is 10.7. The second-order valence-electron chi connectivity index (χ2n) is 2.86. The van der Waals surface area contributed by atoms with E-state index in [9.17, 15) is 17.6 Å². The number of hydrogen-bond donors (Lipinski definition) is 0. The summed E-state index contributed by atoms with van der Waals surface area (Å²) < 4.78 is 49.4. The summed E-state index contributed by atoms with van der Waals surface area (Å²) in [5.41, 5.74) is 0. The Morgan fingerprint density at radius 2 is 1.75 bits per heavy atom. The Morgan fingerprint density at radius 1 is 1.25 bits per heavy atom. The Morgan fingerprint density at radius 3 is 2.00 bits per heavy atom. The third kappa shape index (κ3) is 1.58. The standard InChI is InChI=1S/C5H6Cl2F4Si/c6-12(7)2-3-1-4(8,9)5(3,10)11/h3,12H,1-2H2. The summed E-state index contributed by atoms with van der Waals surface area (Å²) in [6.07, 6.45) is -0.789. The van der Waals surface area contributed by atoms with Gasteiger partial charge in [-0.1, -0.05) is 0 Å². The zero-order valence-electron chi connectivity index (χ0n) is 5.84. The first-order chi connectivity index (χ1) is 5.27. The Balaban J connectivity index is 2.54. The van der Waals surface area contributed by atoms with Crippen LogP contribution in [-0.4, -0.2) is 19.3 Å². The molecule has 1 atom stereocenters. The molecule has 0 aliphatic heterocycles.